The summed E-state index contributed by atoms with van der Waals surface area (Å²) in [6.45, 7) is 5.85. The van der Waals surface area contributed by atoms with E-state index in [-0.39, 0.29) is 5.91 Å². The quantitative estimate of drug-likeness (QED) is 0.869. The average molecular weight is 277 g/mol. The Hall–Kier alpha value is -1.45. The molecule has 1 saturated carbocycles. The summed E-state index contributed by atoms with van der Waals surface area (Å²) in [6.07, 6.45) is 8.24. The fourth-order valence-electron chi connectivity index (χ4n) is 3.16. The molecule has 1 fully saturated rings. The Morgan fingerprint density at radius 2 is 1.95 bits per heavy atom. The normalized spacial score (nSPS) is 22.7. The average Bonchev–Trinajstić information content (AvgIpc) is 2.86. The zero-order chi connectivity index (χ0) is 14.5. The van der Waals surface area contributed by atoms with Crippen LogP contribution < -0.4 is 11.1 Å². The van der Waals surface area contributed by atoms with Gasteiger partial charge in [-0.05, 0) is 37.7 Å². The van der Waals surface area contributed by atoms with Gasteiger partial charge < -0.3 is 15.6 Å². The van der Waals surface area contributed by atoms with Crippen molar-refractivity contribution >= 4 is 11.6 Å². The third-order valence-corrected chi connectivity index (χ3v) is 4.59. The van der Waals surface area contributed by atoms with Crippen LogP contribution in [0.1, 0.15) is 56.4 Å². The van der Waals surface area contributed by atoms with E-state index in [4.69, 9.17) is 5.73 Å². The van der Waals surface area contributed by atoms with Crippen LogP contribution in [0, 0.1) is 11.8 Å². The largest absolute Gasteiger partial charge is 0.397 e. The summed E-state index contributed by atoms with van der Waals surface area (Å²) >= 11 is 0. The Bertz CT molecular complexity index is 445. The van der Waals surface area contributed by atoms with Gasteiger partial charge in [0.2, 0.25) is 0 Å². The topological polar surface area (TPSA) is 60.1 Å². The molecule has 4 nitrogen and oxygen atoms in total. The Labute approximate surface area is 121 Å². The molecule has 0 unspecified atom stereocenters. The van der Waals surface area contributed by atoms with Gasteiger partial charge in [0, 0.05) is 19.3 Å². The van der Waals surface area contributed by atoms with Gasteiger partial charge in [-0.1, -0.05) is 26.2 Å². The second-order valence-corrected chi connectivity index (χ2v) is 5.95. The Balaban J connectivity index is 1.83. The molecule has 1 heterocycles. The van der Waals surface area contributed by atoms with Crippen molar-refractivity contribution in [1.82, 2.24) is 9.88 Å². The molecule has 4 heteroatoms. The van der Waals surface area contributed by atoms with E-state index >= 15 is 0 Å². The van der Waals surface area contributed by atoms with E-state index < -0.39 is 0 Å². The van der Waals surface area contributed by atoms with Gasteiger partial charge in [0.15, 0.2) is 0 Å². The number of hydrogen-bond donors (Lipinski definition) is 2. The van der Waals surface area contributed by atoms with Crippen LogP contribution in [0.4, 0.5) is 5.69 Å². The zero-order valence-corrected chi connectivity index (χ0v) is 12.7. The smallest absolute Gasteiger partial charge is 0.267 e. The van der Waals surface area contributed by atoms with Crippen LogP contribution in [0.5, 0.6) is 0 Å². The van der Waals surface area contributed by atoms with Gasteiger partial charge in [-0.3, -0.25) is 4.79 Å². The summed E-state index contributed by atoms with van der Waals surface area (Å²) in [4.78, 5) is 12.2. The summed E-state index contributed by atoms with van der Waals surface area (Å²) in [5.74, 6) is 1.55. The molecule has 20 heavy (non-hydrogen) atoms. The third-order valence-electron chi connectivity index (χ3n) is 4.59. The van der Waals surface area contributed by atoms with E-state index in [2.05, 4.69) is 12.2 Å². The zero-order valence-electron chi connectivity index (χ0n) is 12.7. The molecule has 1 aliphatic carbocycles. The lowest BCUT2D eigenvalue weighted by atomic mass is 9.81. The number of rotatable bonds is 5. The maximum Gasteiger partial charge on any atom is 0.267 e. The molecular weight excluding hydrogens is 250 g/mol. The molecule has 1 amide bonds. The number of nitrogen functional groups attached to an aromatic ring is 1. The molecule has 0 aromatic carbocycles. The van der Waals surface area contributed by atoms with Gasteiger partial charge in [0.1, 0.15) is 5.69 Å². The highest BCUT2D eigenvalue weighted by Gasteiger charge is 2.21. The maximum atomic E-state index is 12.2. The van der Waals surface area contributed by atoms with Gasteiger partial charge in [-0.2, -0.15) is 0 Å². The highest BCUT2D eigenvalue weighted by atomic mass is 16.1. The van der Waals surface area contributed by atoms with Crippen molar-refractivity contribution in [1.29, 1.82) is 0 Å². The highest BCUT2D eigenvalue weighted by molar-refractivity contribution is 5.93. The number of anilines is 1. The molecule has 0 radical (unpaired) electrons. The lowest BCUT2D eigenvalue weighted by molar-refractivity contribution is 0.0932. The Morgan fingerprint density at radius 3 is 2.55 bits per heavy atom. The molecule has 1 aliphatic rings. The molecule has 0 atom stereocenters. The Morgan fingerprint density at radius 1 is 1.30 bits per heavy atom. The first-order valence-electron chi connectivity index (χ1n) is 7.87. The minimum absolute atomic E-state index is 0.00108. The fraction of sp³-hybridized carbons (Fsp3) is 0.688. The second-order valence-electron chi connectivity index (χ2n) is 5.95. The summed E-state index contributed by atoms with van der Waals surface area (Å²) in [5, 5.41) is 3.07. The predicted molar refractivity (Wildman–Crippen MR) is 82.6 cm³/mol. The molecule has 0 spiro atoms. The molecule has 1 aromatic heterocycles. The number of amides is 1. The monoisotopic (exact) mass is 277 g/mol. The number of nitrogens with two attached hydrogens (primary N) is 1. The molecule has 2 rings (SSSR count). The first kappa shape index (κ1) is 14.9. The highest BCUT2D eigenvalue weighted by Crippen LogP contribution is 2.30. The number of carbonyl (C=O) groups excluding carboxylic acids is 1. The Kier molecular flexibility index (Phi) is 5.10. The first-order valence-corrected chi connectivity index (χ1v) is 7.87. The van der Waals surface area contributed by atoms with Crippen molar-refractivity contribution in [2.24, 2.45) is 11.8 Å². The summed E-state index contributed by atoms with van der Waals surface area (Å²) in [6, 6.07) is 1.76. The number of hydrogen-bond acceptors (Lipinski definition) is 2. The van der Waals surface area contributed by atoms with E-state index in [0.717, 1.165) is 19.0 Å². The van der Waals surface area contributed by atoms with E-state index in [1.54, 1.807) is 6.07 Å². The van der Waals surface area contributed by atoms with Crippen molar-refractivity contribution in [3.05, 3.63) is 18.0 Å². The van der Waals surface area contributed by atoms with Crippen LogP contribution in [-0.4, -0.2) is 17.0 Å². The minimum Gasteiger partial charge on any atom is -0.397 e. The molecule has 3 N–H and O–H groups in total. The molecule has 112 valence electrons. The fourth-order valence-corrected chi connectivity index (χ4v) is 3.16. The summed E-state index contributed by atoms with van der Waals surface area (Å²) in [5.41, 5.74) is 7.09. The summed E-state index contributed by atoms with van der Waals surface area (Å²) < 4.78 is 1.90. The van der Waals surface area contributed by atoms with Crippen molar-refractivity contribution in [3.8, 4) is 0 Å². The van der Waals surface area contributed by atoms with Crippen molar-refractivity contribution in [2.45, 2.75) is 52.5 Å². The van der Waals surface area contributed by atoms with E-state index in [9.17, 15) is 4.79 Å². The van der Waals surface area contributed by atoms with Crippen LogP contribution in [0.15, 0.2) is 12.3 Å². The lowest BCUT2D eigenvalue weighted by Gasteiger charge is -2.27. The molecular formula is C16H27N3O. The lowest BCUT2D eigenvalue weighted by Crippen LogP contribution is -2.32. The van der Waals surface area contributed by atoms with E-state index in [0.29, 0.717) is 17.3 Å². The van der Waals surface area contributed by atoms with Crippen molar-refractivity contribution < 1.29 is 4.79 Å². The van der Waals surface area contributed by atoms with Crippen LogP contribution >= 0.6 is 0 Å². The van der Waals surface area contributed by atoms with E-state index in [1.165, 1.54) is 32.1 Å². The number of nitrogens with one attached hydrogen (secondary N) is 1. The van der Waals surface area contributed by atoms with Crippen LogP contribution in [0.3, 0.4) is 0 Å². The maximum absolute atomic E-state index is 12.2. The number of aromatic nitrogens is 1. The molecule has 0 bridgehead atoms. The third kappa shape index (κ3) is 3.56. The van der Waals surface area contributed by atoms with Gasteiger partial charge in [-0.25, -0.2) is 0 Å². The summed E-state index contributed by atoms with van der Waals surface area (Å²) in [7, 11) is 0. The molecule has 0 saturated heterocycles. The van der Waals surface area contributed by atoms with Gasteiger partial charge in [0.05, 0.1) is 5.69 Å². The molecule has 0 aliphatic heterocycles. The van der Waals surface area contributed by atoms with Crippen LogP contribution in [0.25, 0.3) is 0 Å². The molecule has 1 aromatic rings. The van der Waals surface area contributed by atoms with Crippen molar-refractivity contribution in [2.75, 3.05) is 12.3 Å². The first-order chi connectivity index (χ1) is 9.63. The number of nitrogens with zero attached hydrogens (tertiary/aromatic N) is 1. The van der Waals surface area contributed by atoms with Crippen molar-refractivity contribution in [3.63, 3.8) is 0 Å². The SMILES string of the molecule is CCC1CCC(CNC(=O)c2cc(N)cn2CC)CC1. The van der Waals surface area contributed by atoms with Crippen LogP contribution in [-0.2, 0) is 6.54 Å². The van der Waals surface area contributed by atoms with Gasteiger partial charge in [0.25, 0.3) is 5.91 Å². The van der Waals surface area contributed by atoms with Gasteiger partial charge in [-0.15, -0.1) is 0 Å². The van der Waals surface area contributed by atoms with E-state index in [1.807, 2.05) is 17.7 Å². The standard InChI is InChI=1S/C16H27N3O/c1-3-12-5-7-13(8-6-12)10-18-16(20)15-9-14(17)11-19(15)4-2/h9,11-13H,3-8,10,17H2,1-2H3,(H,18,20). The minimum atomic E-state index is 0.00108. The predicted octanol–water partition coefficient (Wildman–Crippen LogP) is 3.04. The number of carbonyl (C=O) groups is 1. The second kappa shape index (κ2) is 6.82. The van der Waals surface area contributed by atoms with Gasteiger partial charge >= 0.3 is 0 Å². The number of aryl methyl sites for hydroxylation is 1. The van der Waals surface area contributed by atoms with Crippen LogP contribution in [0.2, 0.25) is 0 Å².